The van der Waals surface area contributed by atoms with E-state index >= 15 is 0 Å². The summed E-state index contributed by atoms with van der Waals surface area (Å²) < 4.78 is 5.80. The van der Waals surface area contributed by atoms with E-state index in [9.17, 15) is 4.79 Å². The normalized spacial score (nSPS) is 14.7. The highest BCUT2D eigenvalue weighted by Gasteiger charge is 2.13. The van der Waals surface area contributed by atoms with Gasteiger partial charge in [-0.15, -0.1) is 0 Å². The topological polar surface area (TPSA) is 44.8 Å². The molecule has 2 aromatic carbocycles. The molecule has 1 fully saturated rings. The van der Waals surface area contributed by atoms with Crippen LogP contribution in [0.2, 0.25) is 0 Å². The number of likely N-dealkylation sites (N-methyl/N-ethyl adjacent to an activating group) is 1. The molecule has 0 saturated carbocycles. The second-order valence-corrected chi connectivity index (χ2v) is 7.98. The third kappa shape index (κ3) is 6.87. The summed E-state index contributed by atoms with van der Waals surface area (Å²) in [5.41, 5.74) is 3.02. The zero-order chi connectivity index (χ0) is 20.5. The molecule has 29 heavy (non-hydrogen) atoms. The Kier molecular flexibility index (Phi) is 8.08. The zero-order valence-electron chi connectivity index (χ0n) is 17.7. The Morgan fingerprint density at radius 1 is 1.00 bits per heavy atom. The van der Waals surface area contributed by atoms with Gasteiger partial charge in [0.25, 0.3) is 5.91 Å². The predicted octanol–water partition coefficient (Wildman–Crippen LogP) is 3.54. The van der Waals surface area contributed by atoms with Gasteiger partial charge >= 0.3 is 0 Å². The minimum Gasteiger partial charge on any atom is -0.491 e. The van der Waals surface area contributed by atoms with Gasteiger partial charge < -0.3 is 15.0 Å². The molecule has 0 bridgehead atoms. The fourth-order valence-electron chi connectivity index (χ4n) is 3.53. The number of nitrogens with one attached hydrogen (secondary N) is 1. The summed E-state index contributed by atoms with van der Waals surface area (Å²) >= 11 is 0. The molecule has 1 aliphatic heterocycles. The number of amides is 1. The number of ether oxygens (including phenoxy) is 1. The van der Waals surface area contributed by atoms with Crippen molar-refractivity contribution in [2.24, 2.45) is 0 Å². The van der Waals surface area contributed by atoms with Gasteiger partial charge in [0.2, 0.25) is 0 Å². The Hall–Kier alpha value is -2.37. The standard InChI is InChI=1S/C24H33N3O2/c1-26(2)16-17-29-23-9-5-4-8-22(23)24(28)25-18-20-10-12-21(13-11-20)19-27-14-6-3-7-15-27/h4-5,8-13H,3,6-7,14-19H2,1-2H3,(H,25,28). The van der Waals surface area contributed by atoms with Gasteiger partial charge in [0.1, 0.15) is 12.4 Å². The van der Waals surface area contributed by atoms with Crippen LogP contribution in [0.25, 0.3) is 0 Å². The Morgan fingerprint density at radius 3 is 2.41 bits per heavy atom. The van der Waals surface area contributed by atoms with Gasteiger partial charge in [-0.1, -0.05) is 42.8 Å². The van der Waals surface area contributed by atoms with E-state index in [1.54, 1.807) is 0 Å². The van der Waals surface area contributed by atoms with Crippen molar-refractivity contribution in [2.75, 3.05) is 40.3 Å². The number of piperidine rings is 1. The number of carbonyl (C=O) groups is 1. The fraction of sp³-hybridized carbons (Fsp3) is 0.458. The third-order valence-electron chi connectivity index (χ3n) is 5.26. The van der Waals surface area contributed by atoms with Crippen LogP contribution >= 0.6 is 0 Å². The number of hydrogen-bond acceptors (Lipinski definition) is 4. The van der Waals surface area contributed by atoms with Gasteiger partial charge in [-0.25, -0.2) is 0 Å². The van der Waals surface area contributed by atoms with Gasteiger partial charge in [0, 0.05) is 19.6 Å². The highest BCUT2D eigenvalue weighted by atomic mass is 16.5. The van der Waals surface area contributed by atoms with Crippen LogP contribution < -0.4 is 10.1 Å². The second kappa shape index (κ2) is 11.0. The van der Waals surface area contributed by atoms with Crippen molar-refractivity contribution in [3.8, 4) is 5.75 Å². The number of para-hydroxylation sites is 1. The molecule has 0 aliphatic carbocycles. The van der Waals surface area contributed by atoms with Crippen molar-refractivity contribution in [3.05, 3.63) is 65.2 Å². The largest absolute Gasteiger partial charge is 0.491 e. The first kappa shape index (κ1) is 21.3. The Labute approximate surface area is 174 Å². The average Bonchev–Trinajstić information content (AvgIpc) is 2.74. The summed E-state index contributed by atoms with van der Waals surface area (Å²) in [6, 6.07) is 16.0. The van der Waals surface area contributed by atoms with E-state index in [0.717, 1.165) is 18.7 Å². The molecule has 5 nitrogen and oxygen atoms in total. The van der Waals surface area contributed by atoms with Gasteiger partial charge in [-0.3, -0.25) is 9.69 Å². The first-order valence-corrected chi connectivity index (χ1v) is 10.6. The summed E-state index contributed by atoms with van der Waals surface area (Å²) in [5, 5.41) is 3.02. The van der Waals surface area contributed by atoms with Crippen LogP contribution in [0.15, 0.2) is 48.5 Å². The Morgan fingerprint density at radius 2 is 1.69 bits per heavy atom. The number of hydrogen-bond donors (Lipinski definition) is 1. The summed E-state index contributed by atoms with van der Waals surface area (Å²) in [6.07, 6.45) is 3.98. The summed E-state index contributed by atoms with van der Waals surface area (Å²) in [4.78, 5) is 17.2. The van der Waals surface area contributed by atoms with E-state index in [4.69, 9.17) is 4.74 Å². The van der Waals surface area contributed by atoms with Crippen LogP contribution in [0.1, 0.15) is 40.7 Å². The third-order valence-corrected chi connectivity index (χ3v) is 5.26. The lowest BCUT2D eigenvalue weighted by molar-refractivity contribution is 0.0946. The molecule has 0 radical (unpaired) electrons. The molecule has 5 heteroatoms. The van der Waals surface area contributed by atoms with Crippen LogP contribution in [0.4, 0.5) is 0 Å². The molecule has 3 rings (SSSR count). The van der Waals surface area contributed by atoms with E-state index in [1.807, 2.05) is 38.4 Å². The number of carbonyl (C=O) groups excluding carboxylic acids is 1. The van der Waals surface area contributed by atoms with Crippen LogP contribution in [-0.4, -0.2) is 56.0 Å². The number of nitrogens with zero attached hydrogens (tertiary/aromatic N) is 2. The molecule has 1 N–H and O–H groups in total. The lowest BCUT2D eigenvalue weighted by Gasteiger charge is -2.26. The molecule has 0 spiro atoms. The van der Waals surface area contributed by atoms with E-state index < -0.39 is 0 Å². The zero-order valence-corrected chi connectivity index (χ0v) is 17.7. The molecule has 1 aliphatic rings. The Balaban J connectivity index is 1.51. The fourth-order valence-corrected chi connectivity index (χ4v) is 3.53. The SMILES string of the molecule is CN(C)CCOc1ccccc1C(=O)NCc1ccc(CN2CCCCC2)cc1. The van der Waals surface area contributed by atoms with Crippen molar-refractivity contribution in [1.29, 1.82) is 0 Å². The smallest absolute Gasteiger partial charge is 0.255 e. The molecule has 0 atom stereocenters. The molecule has 0 aromatic heterocycles. The lowest BCUT2D eigenvalue weighted by atomic mass is 10.1. The number of rotatable bonds is 9. The van der Waals surface area contributed by atoms with Crippen LogP contribution in [0.3, 0.4) is 0 Å². The minimum atomic E-state index is -0.108. The average molecular weight is 396 g/mol. The first-order valence-electron chi connectivity index (χ1n) is 10.6. The monoisotopic (exact) mass is 395 g/mol. The maximum absolute atomic E-state index is 12.7. The summed E-state index contributed by atoms with van der Waals surface area (Å²) in [5.74, 6) is 0.520. The highest BCUT2D eigenvalue weighted by Crippen LogP contribution is 2.18. The first-order chi connectivity index (χ1) is 14.1. The van der Waals surface area contributed by atoms with Crippen molar-refractivity contribution in [2.45, 2.75) is 32.4 Å². The second-order valence-electron chi connectivity index (χ2n) is 7.98. The Bertz CT molecular complexity index is 768. The molecule has 156 valence electrons. The number of likely N-dealkylation sites (tertiary alicyclic amines) is 1. The molecule has 1 saturated heterocycles. The molecule has 1 amide bonds. The maximum atomic E-state index is 12.7. The van der Waals surface area contributed by atoms with E-state index in [1.165, 1.54) is 37.9 Å². The minimum absolute atomic E-state index is 0.108. The van der Waals surface area contributed by atoms with E-state index in [0.29, 0.717) is 24.5 Å². The molecule has 0 unspecified atom stereocenters. The summed E-state index contributed by atoms with van der Waals surface area (Å²) in [6.45, 7) is 5.29. The molecular weight excluding hydrogens is 362 g/mol. The molecule has 2 aromatic rings. The van der Waals surface area contributed by atoms with Crippen molar-refractivity contribution in [1.82, 2.24) is 15.1 Å². The van der Waals surface area contributed by atoms with Crippen molar-refractivity contribution < 1.29 is 9.53 Å². The van der Waals surface area contributed by atoms with Gasteiger partial charge in [-0.05, 0) is 63.3 Å². The van der Waals surface area contributed by atoms with Crippen LogP contribution in [0, 0.1) is 0 Å². The van der Waals surface area contributed by atoms with E-state index in [-0.39, 0.29) is 5.91 Å². The highest BCUT2D eigenvalue weighted by molar-refractivity contribution is 5.96. The van der Waals surface area contributed by atoms with Crippen molar-refractivity contribution >= 4 is 5.91 Å². The van der Waals surface area contributed by atoms with Crippen LogP contribution in [-0.2, 0) is 13.1 Å². The maximum Gasteiger partial charge on any atom is 0.255 e. The van der Waals surface area contributed by atoms with Gasteiger partial charge in [0.15, 0.2) is 0 Å². The van der Waals surface area contributed by atoms with Crippen molar-refractivity contribution in [3.63, 3.8) is 0 Å². The predicted molar refractivity (Wildman–Crippen MR) is 117 cm³/mol. The lowest BCUT2D eigenvalue weighted by Crippen LogP contribution is -2.29. The summed E-state index contributed by atoms with van der Waals surface area (Å²) in [7, 11) is 4.00. The quantitative estimate of drug-likeness (QED) is 0.705. The van der Waals surface area contributed by atoms with Crippen LogP contribution in [0.5, 0.6) is 5.75 Å². The van der Waals surface area contributed by atoms with E-state index in [2.05, 4.69) is 39.4 Å². The van der Waals surface area contributed by atoms with Gasteiger partial charge in [-0.2, -0.15) is 0 Å². The van der Waals surface area contributed by atoms with Gasteiger partial charge in [0.05, 0.1) is 5.56 Å². The molecular formula is C24H33N3O2. The number of benzene rings is 2. The molecule has 1 heterocycles.